The fourth-order valence-electron chi connectivity index (χ4n) is 2.34. The molecular weight excluding hydrogens is 398 g/mol. The van der Waals surface area contributed by atoms with Crippen molar-refractivity contribution in [2.24, 2.45) is 0 Å². The summed E-state index contributed by atoms with van der Waals surface area (Å²) < 4.78 is 11.2. The van der Waals surface area contributed by atoms with E-state index in [1.54, 1.807) is 12.1 Å². The lowest BCUT2D eigenvalue weighted by molar-refractivity contribution is -0.121. The van der Waals surface area contributed by atoms with Crippen LogP contribution in [-0.2, 0) is 16.0 Å². The molecule has 6 heteroatoms. The summed E-state index contributed by atoms with van der Waals surface area (Å²) in [6.45, 7) is 1.06. The normalized spacial score (nSPS) is 10.2. The minimum atomic E-state index is -0.352. The Balaban J connectivity index is 1.60. The molecule has 1 amide bonds. The predicted molar refractivity (Wildman–Crippen MR) is 103 cm³/mol. The molecule has 0 fully saturated rings. The first-order valence-electron chi connectivity index (χ1n) is 8.41. The second-order valence-corrected chi connectivity index (χ2v) is 6.61. The van der Waals surface area contributed by atoms with Gasteiger partial charge in [-0.3, -0.25) is 4.79 Å². The lowest BCUT2D eigenvalue weighted by atomic mass is 10.1. The first-order valence-corrected chi connectivity index (χ1v) is 9.20. The number of hydrogen-bond donors (Lipinski definition) is 1. The largest absolute Gasteiger partial charge is 0.494 e. The summed E-state index contributed by atoms with van der Waals surface area (Å²) in [5.74, 6) is 0.444. The molecule has 0 saturated carbocycles. The van der Waals surface area contributed by atoms with Gasteiger partial charge in [0.1, 0.15) is 5.75 Å². The van der Waals surface area contributed by atoms with Gasteiger partial charge in [-0.15, -0.1) is 0 Å². The van der Waals surface area contributed by atoms with Crippen molar-refractivity contribution in [2.75, 3.05) is 20.3 Å². The second-order valence-electron chi connectivity index (χ2n) is 5.70. The van der Waals surface area contributed by atoms with Crippen LogP contribution in [0.3, 0.4) is 0 Å². The van der Waals surface area contributed by atoms with Gasteiger partial charge in [0.25, 0.3) is 0 Å². The van der Waals surface area contributed by atoms with Crippen LogP contribution in [0.15, 0.2) is 53.0 Å². The van der Waals surface area contributed by atoms with E-state index in [0.29, 0.717) is 38.0 Å². The van der Waals surface area contributed by atoms with E-state index in [-0.39, 0.29) is 11.9 Å². The Labute approximate surface area is 161 Å². The molecular formula is C20H22BrNO4. The van der Waals surface area contributed by atoms with Crippen molar-refractivity contribution in [3.8, 4) is 5.75 Å². The number of ether oxygens (including phenoxy) is 2. The van der Waals surface area contributed by atoms with E-state index in [4.69, 9.17) is 4.74 Å². The van der Waals surface area contributed by atoms with E-state index in [1.165, 1.54) is 7.11 Å². The third-order valence-electron chi connectivity index (χ3n) is 3.72. The lowest BCUT2D eigenvalue weighted by Crippen LogP contribution is -2.25. The van der Waals surface area contributed by atoms with Gasteiger partial charge in [-0.2, -0.15) is 0 Å². The molecule has 0 aromatic heterocycles. The van der Waals surface area contributed by atoms with E-state index in [1.807, 2.05) is 36.4 Å². The standard InChI is InChI=1S/C20H22BrNO4/c1-25-20(24)16-9-7-15(8-10-16)11-12-22-19(23)6-3-13-26-18-5-2-4-17(21)14-18/h2,4-5,7-10,14H,3,6,11-13H2,1H3,(H,22,23). The number of carbonyl (C=O) groups excluding carboxylic acids is 2. The third-order valence-corrected chi connectivity index (χ3v) is 4.22. The van der Waals surface area contributed by atoms with Crippen LogP contribution in [0.25, 0.3) is 0 Å². The van der Waals surface area contributed by atoms with Crippen molar-refractivity contribution < 1.29 is 19.1 Å². The molecule has 2 aromatic carbocycles. The number of amides is 1. The van der Waals surface area contributed by atoms with Crippen molar-refractivity contribution in [1.29, 1.82) is 0 Å². The molecule has 0 heterocycles. The first kappa shape index (κ1) is 20.0. The third kappa shape index (κ3) is 6.88. The van der Waals surface area contributed by atoms with Gasteiger partial charge in [-0.25, -0.2) is 4.79 Å². The van der Waals surface area contributed by atoms with E-state index in [9.17, 15) is 9.59 Å². The Morgan fingerprint density at radius 3 is 2.58 bits per heavy atom. The predicted octanol–water partition coefficient (Wildman–Crippen LogP) is 3.75. The molecule has 0 saturated heterocycles. The number of rotatable bonds is 9. The molecule has 0 unspecified atom stereocenters. The highest BCUT2D eigenvalue weighted by molar-refractivity contribution is 9.10. The fourth-order valence-corrected chi connectivity index (χ4v) is 2.72. The molecule has 0 radical (unpaired) electrons. The molecule has 0 spiro atoms. The fraction of sp³-hybridized carbons (Fsp3) is 0.300. The quantitative estimate of drug-likeness (QED) is 0.496. The van der Waals surface area contributed by atoms with Gasteiger partial charge in [0, 0.05) is 17.4 Å². The summed E-state index contributed by atoms with van der Waals surface area (Å²) in [6, 6.07) is 14.8. The number of esters is 1. The molecule has 2 rings (SSSR count). The van der Waals surface area contributed by atoms with Crippen molar-refractivity contribution in [3.63, 3.8) is 0 Å². The van der Waals surface area contributed by atoms with Crippen LogP contribution in [0.1, 0.15) is 28.8 Å². The number of nitrogens with one attached hydrogen (secondary N) is 1. The van der Waals surface area contributed by atoms with Crippen molar-refractivity contribution in [2.45, 2.75) is 19.3 Å². The zero-order chi connectivity index (χ0) is 18.8. The smallest absolute Gasteiger partial charge is 0.337 e. The topological polar surface area (TPSA) is 64.6 Å². The Morgan fingerprint density at radius 2 is 1.88 bits per heavy atom. The van der Waals surface area contributed by atoms with Crippen LogP contribution in [0, 0.1) is 0 Å². The minimum Gasteiger partial charge on any atom is -0.494 e. The van der Waals surface area contributed by atoms with Gasteiger partial charge in [0.05, 0.1) is 19.3 Å². The zero-order valence-electron chi connectivity index (χ0n) is 14.7. The molecule has 0 bridgehead atoms. The van der Waals surface area contributed by atoms with Gasteiger partial charge >= 0.3 is 5.97 Å². The summed E-state index contributed by atoms with van der Waals surface area (Å²) in [5, 5.41) is 2.89. The Bertz CT molecular complexity index is 731. The van der Waals surface area contributed by atoms with Gasteiger partial charge in [-0.05, 0) is 48.7 Å². The van der Waals surface area contributed by atoms with Crippen LogP contribution in [-0.4, -0.2) is 32.1 Å². The SMILES string of the molecule is COC(=O)c1ccc(CCNC(=O)CCCOc2cccc(Br)c2)cc1. The average molecular weight is 420 g/mol. The molecule has 2 aromatic rings. The summed E-state index contributed by atoms with van der Waals surface area (Å²) >= 11 is 3.39. The first-order chi connectivity index (χ1) is 12.6. The van der Waals surface area contributed by atoms with Crippen LogP contribution >= 0.6 is 15.9 Å². The van der Waals surface area contributed by atoms with Gasteiger partial charge in [-0.1, -0.05) is 34.1 Å². The van der Waals surface area contributed by atoms with Crippen molar-refractivity contribution >= 4 is 27.8 Å². The Morgan fingerprint density at radius 1 is 1.12 bits per heavy atom. The Kier molecular flexibility index (Phi) is 8.15. The molecule has 5 nitrogen and oxygen atoms in total. The number of hydrogen-bond acceptors (Lipinski definition) is 4. The van der Waals surface area contributed by atoms with Gasteiger partial charge < -0.3 is 14.8 Å². The number of carbonyl (C=O) groups is 2. The van der Waals surface area contributed by atoms with E-state index < -0.39 is 0 Å². The maximum atomic E-state index is 11.8. The van der Waals surface area contributed by atoms with Crippen molar-refractivity contribution in [1.82, 2.24) is 5.32 Å². The molecule has 1 N–H and O–H groups in total. The van der Waals surface area contributed by atoms with Crippen LogP contribution in [0.4, 0.5) is 0 Å². The number of benzene rings is 2. The Hall–Kier alpha value is -2.34. The monoisotopic (exact) mass is 419 g/mol. The molecule has 0 aliphatic rings. The molecule has 0 aliphatic carbocycles. The van der Waals surface area contributed by atoms with Crippen molar-refractivity contribution in [3.05, 3.63) is 64.1 Å². The summed E-state index contributed by atoms with van der Waals surface area (Å²) in [5.41, 5.74) is 1.57. The number of halogens is 1. The molecule has 26 heavy (non-hydrogen) atoms. The highest BCUT2D eigenvalue weighted by Crippen LogP contribution is 2.17. The zero-order valence-corrected chi connectivity index (χ0v) is 16.3. The average Bonchev–Trinajstić information content (AvgIpc) is 2.65. The molecule has 0 atom stereocenters. The van der Waals surface area contributed by atoms with Crippen LogP contribution < -0.4 is 10.1 Å². The summed E-state index contributed by atoms with van der Waals surface area (Å²) in [7, 11) is 1.36. The van der Waals surface area contributed by atoms with E-state index in [2.05, 4.69) is 26.0 Å². The lowest BCUT2D eigenvalue weighted by Gasteiger charge is -2.08. The maximum Gasteiger partial charge on any atom is 0.337 e. The van der Waals surface area contributed by atoms with Gasteiger partial charge in [0.15, 0.2) is 0 Å². The van der Waals surface area contributed by atoms with E-state index in [0.717, 1.165) is 15.8 Å². The second kappa shape index (κ2) is 10.6. The highest BCUT2D eigenvalue weighted by atomic mass is 79.9. The number of methoxy groups -OCH3 is 1. The van der Waals surface area contributed by atoms with E-state index >= 15 is 0 Å². The van der Waals surface area contributed by atoms with Gasteiger partial charge in [0.2, 0.25) is 5.91 Å². The van der Waals surface area contributed by atoms with Crippen LogP contribution in [0.2, 0.25) is 0 Å². The highest BCUT2D eigenvalue weighted by Gasteiger charge is 2.05. The summed E-state index contributed by atoms with van der Waals surface area (Å²) in [6.07, 6.45) is 1.79. The minimum absolute atomic E-state index is 0.00835. The molecule has 138 valence electrons. The maximum absolute atomic E-state index is 11.8. The summed E-state index contributed by atoms with van der Waals surface area (Å²) in [4.78, 5) is 23.2. The molecule has 0 aliphatic heterocycles. The van der Waals surface area contributed by atoms with Crippen LogP contribution in [0.5, 0.6) is 5.75 Å².